The van der Waals surface area contributed by atoms with Crippen molar-refractivity contribution in [3.05, 3.63) is 87.9 Å². The third kappa shape index (κ3) is 5.41. The Morgan fingerprint density at radius 3 is 2.66 bits per heavy atom. The number of carbonyl (C=O) groups is 2. The summed E-state index contributed by atoms with van der Waals surface area (Å²) in [4.78, 5) is 26.7. The number of nitrogens with one attached hydrogen (secondary N) is 2. The summed E-state index contributed by atoms with van der Waals surface area (Å²) in [5.74, 6) is -0.0947. The molecule has 0 spiro atoms. The zero-order valence-corrected chi connectivity index (χ0v) is 19.4. The molecule has 32 heavy (non-hydrogen) atoms. The Morgan fingerprint density at radius 1 is 1.09 bits per heavy atom. The topological polar surface area (TPSA) is 70.7 Å². The number of carbonyl (C=O) groups excluding carboxylic acids is 2. The molecule has 3 aromatic rings. The van der Waals surface area contributed by atoms with E-state index in [0.717, 1.165) is 15.7 Å². The second-order valence-electron chi connectivity index (χ2n) is 7.40. The molecule has 1 atom stereocenters. The minimum absolute atomic E-state index is 0.0672. The van der Waals surface area contributed by atoms with E-state index in [9.17, 15) is 9.59 Å². The second-order valence-corrected chi connectivity index (χ2v) is 8.73. The zero-order valence-electron chi connectivity index (χ0n) is 17.1. The van der Waals surface area contributed by atoms with Gasteiger partial charge in [0.05, 0.1) is 11.6 Å². The van der Waals surface area contributed by atoms with Crippen LogP contribution in [0.5, 0.6) is 5.75 Å². The summed E-state index contributed by atoms with van der Waals surface area (Å²) in [5, 5.41) is 0.650. The molecule has 0 unspecified atom stereocenters. The van der Waals surface area contributed by atoms with Crippen LogP contribution in [-0.4, -0.2) is 18.4 Å². The van der Waals surface area contributed by atoms with Crippen LogP contribution in [0.2, 0.25) is 5.02 Å². The van der Waals surface area contributed by atoms with Gasteiger partial charge in [-0.25, -0.2) is 0 Å². The standard InChI is InChI=1S/C24H21BrClN3O3/c25-18-8-10-20(11-9-18)29-14-17(12-23(29)30)24(31)28-27-19-5-3-6-21(13-19)32-15-16-4-1-2-7-22(16)26/h1-11,13,17,27H,12,14-15H2,(H,28,31)/t17-/m1/s1. The highest BCUT2D eigenvalue weighted by atomic mass is 79.9. The summed E-state index contributed by atoms with van der Waals surface area (Å²) in [6.45, 7) is 0.681. The lowest BCUT2D eigenvalue weighted by Crippen LogP contribution is -2.36. The molecule has 6 nitrogen and oxygen atoms in total. The molecule has 8 heteroatoms. The maximum absolute atomic E-state index is 12.6. The first-order chi connectivity index (χ1) is 15.5. The number of anilines is 2. The van der Waals surface area contributed by atoms with E-state index in [-0.39, 0.29) is 18.2 Å². The first kappa shape index (κ1) is 22.2. The van der Waals surface area contributed by atoms with Crippen LogP contribution >= 0.6 is 27.5 Å². The van der Waals surface area contributed by atoms with E-state index < -0.39 is 5.92 Å². The number of hydrogen-bond acceptors (Lipinski definition) is 4. The van der Waals surface area contributed by atoms with Crippen molar-refractivity contribution in [1.29, 1.82) is 0 Å². The summed E-state index contributed by atoms with van der Waals surface area (Å²) in [7, 11) is 0. The molecule has 0 bridgehead atoms. The Morgan fingerprint density at radius 2 is 1.88 bits per heavy atom. The van der Waals surface area contributed by atoms with E-state index in [0.29, 0.717) is 29.6 Å². The fraction of sp³-hybridized carbons (Fsp3) is 0.167. The third-order valence-corrected chi connectivity index (χ3v) is 6.05. The average molecular weight is 515 g/mol. The first-order valence-electron chi connectivity index (χ1n) is 10.1. The van der Waals surface area contributed by atoms with Crippen LogP contribution in [0.15, 0.2) is 77.3 Å². The summed E-state index contributed by atoms with van der Waals surface area (Å²) in [5.41, 5.74) is 7.95. The van der Waals surface area contributed by atoms with Gasteiger partial charge in [0.15, 0.2) is 0 Å². The second kappa shape index (κ2) is 10.1. The van der Waals surface area contributed by atoms with Crippen molar-refractivity contribution < 1.29 is 14.3 Å². The molecular formula is C24H21BrClN3O3. The molecule has 0 aliphatic carbocycles. The summed E-state index contributed by atoms with van der Waals surface area (Å²) >= 11 is 9.55. The Labute approximate surface area is 199 Å². The molecule has 0 radical (unpaired) electrons. The largest absolute Gasteiger partial charge is 0.489 e. The number of halogens is 2. The lowest BCUT2D eigenvalue weighted by molar-refractivity contribution is -0.125. The fourth-order valence-electron chi connectivity index (χ4n) is 3.43. The van der Waals surface area contributed by atoms with Crippen LogP contribution < -0.4 is 20.5 Å². The molecule has 0 aromatic heterocycles. The molecular weight excluding hydrogens is 494 g/mol. The predicted molar refractivity (Wildman–Crippen MR) is 129 cm³/mol. The van der Waals surface area contributed by atoms with E-state index in [4.69, 9.17) is 16.3 Å². The first-order valence-corrected chi connectivity index (χ1v) is 11.2. The van der Waals surface area contributed by atoms with Crippen molar-refractivity contribution in [2.24, 2.45) is 5.92 Å². The minimum atomic E-state index is -0.432. The van der Waals surface area contributed by atoms with Gasteiger partial charge < -0.3 is 9.64 Å². The number of hydrazine groups is 1. The lowest BCUT2D eigenvalue weighted by atomic mass is 10.1. The molecule has 1 aliphatic heterocycles. The summed E-state index contributed by atoms with van der Waals surface area (Å²) in [6.07, 6.45) is 0.171. The van der Waals surface area contributed by atoms with E-state index >= 15 is 0 Å². The van der Waals surface area contributed by atoms with Crippen molar-refractivity contribution >= 4 is 50.7 Å². The molecule has 4 rings (SSSR count). The SMILES string of the molecule is O=C(NNc1cccc(OCc2ccccc2Cl)c1)[C@@H]1CC(=O)N(c2ccc(Br)cc2)C1. The van der Waals surface area contributed by atoms with Crippen molar-refractivity contribution in [3.8, 4) is 5.75 Å². The maximum Gasteiger partial charge on any atom is 0.243 e. The Hall–Kier alpha value is -3.03. The highest BCUT2D eigenvalue weighted by molar-refractivity contribution is 9.10. The van der Waals surface area contributed by atoms with Crippen molar-refractivity contribution in [2.75, 3.05) is 16.9 Å². The van der Waals surface area contributed by atoms with Gasteiger partial charge in [-0.15, -0.1) is 0 Å². The van der Waals surface area contributed by atoms with Crippen molar-refractivity contribution in [1.82, 2.24) is 5.43 Å². The third-order valence-electron chi connectivity index (χ3n) is 5.15. The van der Waals surface area contributed by atoms with Crippen LogP contribution in [0.4, 0.5) is 11.4 Å². The van der Waals surface area contributed by atoms with Crippen LogP contribution in [0, 0.1) is 5.92 Å². The van der Waals surface area contributed by atoms with E-state index in [1.165, 1.54) is 0 Å². The van der Waals surface area contributed by atoms with Gasteiger partial charge in [-0.1, -0.05) is 51.8 Å². The zero-order chi connectivity index (χ0) is 22.5. The molecule has 1 saturated heterocycles. The highest BCUT2D eigenvalue weighted by Crippen LogP contribution is 2.27. The number of amides is 2. The van der Waals surface area contributed by atoms with Gasteiger partial charge in [0, 0.05) is 39.8 Å². The molecule has 1 fully saturated rings. The van der Waals surface area contributed by atoms with E-state index in [2.05, 4.69) is 26.8 Å². The average Bonchev–Trinajstić information content (AvgIpc) is 3.19. The van der Waals surface area contributed by atoms with Crippen LogP contribution in [0.1, 0.15) is 12.0 Å². The molecule has 2 amide bonds. The maximum atomic E-state index is 12.6. The smallest absolute Gasteiger partial charge is 0.243 e. The van der Waals surface area contributed by atoms with Crippen LogP contribution in [0.25, 0.3) is 0 Å². The number of nitrogens with zero attached hydrogens (tertiary/aromatic N) is 1. The molecule has 3 aromatic carbocycles. The Kier molecular flexibility index (Phi) is 6.97. The quantitative estimate of drug-likeness (QED) is 0.426. The molecule has 1 heterocycles. The van der Waals surface area contributed by atoms with Crippen molar-refractivity contribution in [2.45, 2.75) is 13.0 Å². The van der Waals surface area contributed by atoms with Gasteiger partial charge in [-0.05, 0) is 42.5 Å². The van der Waals surface area contributed by atoms with E-state index in [1.807, 2.05) is 66.7 Å². The lowest BCUT2D eigenvalue weighted by Gasteiger charge is -2.17. The van der Waals surface area contributed by atoms with Crippen LogP contribution in [-0.2, 0) is 16.2 Å². The molecule has 2 N–H and O–H groups in total. The van der Waals surface area contributed by atoms with Crippen LogP contribution in [0.3, 0.4) is 0 Å². The molecule has 164 valence electrons. The summed E-state index contributed by atoms with van der Waals surface area (Å²) < 4.78 is 6.75. The van der Waals surface area contributed by atoms with Gasteiger partial charge in [0.2, 0.25) is 11.8 Å². The fourth-order valence-corrected chi connectivity index (χ4v) is 3.88. The summed E-state index contributed by atoms with van der Waals surface area (Å²) in [6, 6.07) is 22.2. The molecule has 1 aliphatic rings. The highest BCUT2D eigenvalue weighted by Gasteiger charge is 2.35. The van der Waals surface area contributed by atoms with Crippen molar-refractivity contribution in [3.63, 3.8) is 0 Å². The van der Waals surface area contributed by atoms with Gasteiger partial charge in [0.1, 0.15) is 12.4 Å². The monoisotopic (exact) mass is 513 g/mol. The molecule has 0 saturated carbocycles. The number of hydrogen-bond donors (Lipinski definition) is 2. The Balaban J connectivity index is 1.31. The number of ether oxygens (including phenoxy) is 1. The van der Waals surface area contributed by atoms with E-state index in [1.54, 1.807) is 11.0 Å². The predicted octanol–water partition coefficient (Wildman–Crippen LogP) is 5.18. The number of rotatable bonds is 7. The minimum Gasteiger partial charge on any atom is -0.489 e. The van der Waals surface area contributed by atoms with Gasteiger partial charge in [-0.2, -0.15) is 0 Å². The van der Waals surface area contributed by atoms with Gasteiger partial charge in [-0.3, -0.25) is 20.4 Å². The number of benzene rings is 3. The van der Waals surface area contributed by atoms with Gasteiger partial charge >= 0.3 is 0 Å². The normalized spacial score (nSPS) is 15.5. The van der Waals surface area contributed by atoms with Gasteiger partial charge in [0.25, 0.3) is 0 Å². The Bertz CT molecular complexity index is 1120.